The molecule has 0 bridgehead atoms. The van der Waals surface area contributed by atoms with Crippen LogP contribution in [0.4, 0.5) is 4.39 Å². The molecule has 2 N–H and O–H groups in total. The Labute approximate surface area is 77.1 Å². The Balaban J connectivity index is 2.21. The largest absolute Gasteiger partial charge is 0.269 e. The number of hydrogen-bond donors (Lipinski definition) is 1. The molecule has 1 aromatic carbocycles. The number of hydrazine groups is 1. The topological polar surface area (TPSA) is 29.3 Å². The van der Waals surface area contributed by atoms with E-state index < -0.39 is 0 Å². The Morgan fingerprint density at radius 2 is 2.15 bits per heavy atom. The highest BCUT2D eigenvalue weighted by Crippen LogP contribution is 2.26. The van der Waals surface area contributed by atoms with Gasteiger partial charge in [0, 0.05) is 19.0 Å². The molecule has 1 aliphatic rings. The van der Waals surface area contributed by atoms with Gasteiger partial charge in [-0.25, -0.2) is 9.40 Å². The van der Waals surface area contributed by atoms with Crippen molar-refractivity contribution in [2.75, 3.05) is 13.1 Å². The van der Waals surface area contributed by atoms with E-state index in [9.17, 15) is 4.39 Å². The molecule has 2 rings (SSSR count). The van der Waals surface area contributed by atoms with Crippen LogP contribution in [0.1, 0.15) is 17.9 Å². The molecular weight excluding hydrogens is 167 g/mol. The Bertz CT molecular complexity index is 301. The molecule has 0 radical (unpaired) electrons. The summed E-state index contributed by atoms with van der Waals surface area (Å²) in [5.74, 6) is 5.78. The molecule has 0 saturated carbocycles. The standard InChI is InChI=1S/C10H13FN2/c11-10-4-2-1-3-9(10)8-5-6-13(12)7-8/h1-4,8H,5-7,12H2. The monoisotopic (exact) mass is 180 g/mol. The first-order valence-corrected chi connectivity index (χ1v) is 4.51. The lowest BCUT2D eigenvalue weighted by Gasteiger charge is -2.10. The number of nitrogens with zero attached hydrogens (tertiary/aromatic N) is 1. The number of benzene rings is 1. The summed E-state index contributed by atoms with van der Waals surface area (Å²) in [4.78, 5) is 0. The maximum atomic E-state index is 13.3. The molecule has 0 aromatic heterocycles. The van der Waals surface area contributed by atoms with Crippen molar-refractivity contribution < 1.29 is 4.39 Å². The number of halogens is 1. The summed E-state index contributed by atoms with van der Waals surface area (Å²) < 4.78 is 13.3. The van der Waals surface area contributed by atoms with Gasteiger partial charge < -0.3 is 0 Å². The SMILES string of the molecule is NN1CCC(c2ccccc2F)C1. The predicted octanol–water partition coefficient (Wildman–Crippen LogP) is 1.49. The maximum absolute atomic E-state index is 13.3. The van der Waals surface area contributed by atoms with Crippen LogP contribution < -0.4 is 5.84 Å². The zero-order valence-electron chi connectivity index (χ0n) is 7.41. The van der Waals surface area contributed by atoms with Crippen molar-refractivity contribution in [1.29, 1.82) is 0 Å². The Hall–Kier alpha value is -0.930. The van der Waals surface area contributed by atoms with Crippen LogP contribution in [0.3, 0.4) is 0 Å². The summed E-state index contributed by atoms with van der Waals surface area (Å²) >= 11 is 0. The van der Waals surface area contributed by atoms with Gasteiger partial charge in [-0.15, -0.1) is 0 Å². The average Bonchev–Trinajstić information content (AvgIpc) is 2.53. The first kappa shape index (κ1) is 8.66. The number of hydrogen-bond acceptors (Lipinski definition) is 2. The van der Waals surface area contributed by atoms with Gasteiger partial charge in [0.25, 0.3) is 0 Å². The lowest BCUT2D eigenvalue weighted by molar-refractivity contribution is 0.349. The maximum Gasteiger partial charge on any atom is 0.126 e. The lowest BCUT2D eigenvalue weighted by Crippen LogP contribution is -2.27. The van der Waals surface area contributed by atoms with Crippen LogP contribution in [-0.4, -0.2) is 18.1 Å². The average molecular weight is 180 g/mol. The van der Waals surface area contributed by atoms with Crippen molar-refractivity contribution in [1.82, 2.24) is 5.01 Å². The summed E-state index contributed by atoms with van der Waals surface area (Å²) in [5, 5.41) is 1.75. The fourth-order valence-corrected chi connectivity index (χ4v) is 1.85. The summed E-state index contributed by atoms with van der Waals surface area (Å²) in [6.45, 7) is 1.62. The first-order chi connectivity index (χ1) is 6.27. The summed E-state index contributed by atoms with van der Waals surface area (Å²) in [6, 6.07) is 6.94. The summed E-state index contributed by atoms with van der Waals surface area (Å²) in [7, 11) is 0. The molecule has 1 fully saturated rings. The summed E-state index contributed by atoms with van der Waals surface area (Å²) in [6.07, 6.45) is 0.956. The van der Waals surface area contributed by atoms with E-state index in [-0.39, 0.29) is 11.7 Å². The smallest absolute Gasteiger partial charge is 0.126 e. The van der Waals surface area contributed by atoms with Gasteiger partial charge in [0.15, 0.2) is 0 Å². The van der Waals surface area contributed by atoms with E-state index in [1.807, 2.05) is 12.1 Å². The number of rotatable bonds is 1. The van der Waals surface area contributed by atoms with Crippen molar-refractivity contribution in [3.05, 3.63) is 35.6 Å². The third-order valence-corrected chi connectivity index (χ3v) is 2.56. The molecule has 0 spiro atoms. The highest BCUT2D eigenvalue weighted by atomic mass is 19.1. The normalized spacial score (nSPS) is 23.7. The van der Waals surface area contributed by atoms with E-state index in [0.29, 0.717) is 0 Å². The Kier molecular flexibility index (Phi) is 2.29. The Morgan fingerprint density at radius 1 is 1.38 bits per heavy atom. The van der Waals surface area contributed by atoms with Gasteiger partial charge in [0.05, 0.1) is 0 Å². The minimum Gasteiger partial charge on any atom is -0.269 e. The predicted molar refractivity (Wildman–Crippen MR) is 49.5 cm³/mol. The van der Waals surface area contributed by atoms with Crippen molar-refractivity contribution >= 4 is 0 Å². The van der Waals surface area contributed by atoms with Crippen LogP contribution in [0.5, 0.6) is 0 Å². The second-order valence-corrected chi connectivity index (χ2v) is 3.50. The van der Waals surface area contributed by atoms with Gasteiger partial charge in [0.1, 0.15) is 5.82 Å². The van der Waals surface area contributed by atoms with Crippen molar-refractivity contribution in [2.45, 2.75) is 12.3 Å². The van der Waals surface area contributed by atoms with Crippen molar-refractivity contribution in [3.63, 3.8) is 0 Å². The van der Waals surface area contributed by atoms with Crippen molar-refractivity contribution in [2.24, 2.45) is 5.84 Å². The van der Waals surface area contributed by atoms with E-state index in [2.05, 4.69) is 0 Å². The molecule has 1 saturated heterocycles. The second-order valence-electron chi connectivity index (χ2n) is 3.50. The molecule has 2 nitrogen and oxygen atoms in total. The van der Waals surface area contributed by atoms with E-state index in [1.54, 1.807) is 11.1 Å². The number of nitrogens with two attached hydrogens (primary N) is 1. The van der Waals surface area contributed by atoms with Gasteiger partial charge in [-0.1, -0.05) is 18.2 Å². The molecule has 1 atom stereocenters. The molecule has 1 aromatic rings. The highest BCUT2D eigenvalue weighted by molar-refractivity contribution is 5.22. The second kappa shape index (κ2) is 3.44. The van der Waals surface area contributed by atoms with Crippen LogP contribution in [0.2, 0.25) is 0 Å². The van der Waals surface area contributed by atoms with E-state index >= 15 is 0 Å². The molecule has 1 unspecified atom stereocenters. The van der Waals surface area contributed by atoms with E-state index in [4.69, 9.17) is 5.84 Å². The molecule has 13 heavy (non-hydrogen) atoms. The van der Waals surface area contributed by atoms with E-state index in [0.717, 1.165) is 25.1 Å². The van der Waals surface area contributed by atoms with Crippen LogP contribution in [0.15, 0.2) is 24.3 Å². The van der Waals surface area contributed by atoms with Crippen LogP contribution >= 0.6 is 0 Å². The van der Waals surface area contributed by atoms with Gasteiger partial charge in [0.2, 0.25) is 0 Å². The highest BCUT2D eigenvalue weighted by Gasteiger charge is 2.23. The molecule has 0 amide bonds. The van der Waals surface area contributed by atoms with Crippen LogP contribution in [0.25, 0.3) is 0 Å². The quantitative estimate of drug-likeness (QED) is 0.663. The van der Waals surface area contributed by atoms with E-state index in [1.165, 1.54) is 6.07 Å². The molecular formula is C10H13FN2. The molecule has 70 valence electrons. The van der Waals surface area contributed by atoms with Crippen molar-refractivity contribution in [3.8, 4) is 0 Å². The van der Waals surface area contributed by atoms with Gasteiger partial charge >= 0.3 is 0 Å². The van der Waals surface area contributed by atoms with Crippen LogP contribution in [0, 0.1) is 5.82 Å². The molecule has 0 aliphatic carbocycles. The zero-order chi connectivity index (χ0) is 9.26. The molecule has 3 heteroatoms. The molecule has 1 heterocycles. The van der Waals surface area contributed by atoms with Gasteiger partial charge in [-0.05, 0) is 18.1 Å². The third-order valence-electron chi connectivity index (χ3n) is 2.56. The van der Waals surface area contributed by atoms with Crippen LogP contribution in [-0.2, 0) is 0 Å². The molecule has 1 aliphatic heterocycles. The third kappa shape index (κ3) is 1.71. The first-order valence-electron chi connectivity index (χ1n) is 4.51. The fraction of sp³-hybridized carbons (Fsp3) is 0.400. The van der Waals surface area contributed by atoms with Gasteiger partial charge in [-0.2, -0.15) is 0 Å². The zero-order valence-corrected chi connectivity index (χ0v) is 7.41. The fourth-order valence-electron chi connectivity index (χ4n) is 1.85. The Morgan fingerprint density at radius 3 is 2.77 bits per heavy atom. The summed E-state index contributed by atoms with van der Waals surface area (Å²) in [5.41, 5.74) is 0.801. The minimum absolute atomic E-state index is 0.109. The lowest BCUT2D eigenvalue weighted by atomic mass is 9.98. The van der Waals surface area contributed by atoms with Gasteiger partial charge in [-0.3, -0.25) is 5.84 Å². The minimum atomic E-state index is -0.109.